The Morgan fingerprint density at radius 1 is 1.00 bits per heavy atom. The van der Waals surface area contributed by atoms with E-state index in [2.05, 4.69) is 33.5 Å². The summed E-state index contributed by atoms with van der Waals surface area (Å²) >= 11 is 0. The number of allylic oxidation sites excluding steroid dienone is 5. The van der Waals surface area contributed by atoms with Crippen molar-refractivity contribution in [3.63, 3.8) is 0 Å². The van der Waals surface area contributed by atoms with E-state index in [1.807, 2.05) is 55.5 Å². The van der Waals surface area contributed by atoms with E-state index >= 15 is 0 Å². The van der Waals surface area contributed by atoms with Crippen LogP contribution in [0.5, 0.6) is 0 Å². The van der Waals surface area contributed by atoms with Crippen LogP contribution in [0.3, 0.4) is 0 Å². The third-order valence-electron chi connectivity index (χ3n) is 7.15. The first kappa shape index (κ1) is 30.2. The van der Waals surface area contributed by atoms with Crippen LogP contribution in [0.4, 0.5) is 0 Å². The van der Waals surface area contributed by atoms with Crippen molar-refractivity contribution in [1.29, 1.82) is 0 Å². The van der Waals surface area contributed by atoms with Crippen LogP contribution < -0.4 is 5.32 Å². The summed E-state index contributed by atoms with van der Waals surface area (Å²) in [5, 5.41) is 3.50. The zero-order chi connectivity index (χ0) is 30.1. The molecule has 0 saturated heterocycles. The average molecular weight is 597 g/mol. The molecule has 0 radical (unpaired) electrons. The number of pyridine rings is 2. The molecule has 9 nitrogen and oxygen atoms in total. The molecule has 3 aromatic rings. The van der Waals surface area contributed by atoms with E-state index in [0.29, 0.717) is 43.4 Å². The van der Waals surface area contributed by atoms with Crippen molar-refractivity contribution < 1.29 is 13.2 Å². The molecule has 43 heavy (non-hydrogen) atoms. The number of amidine groups is 2. The number of hydrogen-bond acceptors (Lipinski definition) is 8. The normalized spacial score (nSPS) is 15.0. The van der Waals surface area contributed by atoms with Gasteiger partial charge in [0.15, 0.2) is 5.84 Å². The van der Waals surface area contributed by atoms with Gasteiger partial charge in [-0.3, -0.25) is 9.97 Å². The van der Waals surface area contributed by atoms with Crippen LogP contribution in [0.2, 0.25) is 0 Å². The van der Waals surface area contributed by atoms with Crippen LogP contribution in [-0.4, -0.2) is 61.2 Å². The molecule has 0 spiro atoms. The smallest absolute Gasteiger partial charge is 0.244 e. The molecule has 5 rings (SSSR count). The quantitative estimate of drug-likeness (QED) is 0.309. The Morgan fingerprint density at radius 3 is 2.60 bits per heavy atom. The molecule has 2 aromatic heterocycles. The molecule has 1 aliphatic heterocycles. The lowest BCUT2D eigenvalue weighted by Crippen LogP contribution is -2.35. The number of benzene rings is 1. The molecular weight excluding hydrogens is 560 g/mol. The number of nitrogens with zero attached hydrogens (tertiary/aromatic N) is 5. The largest absolute Gasteiger partial charge is 0.383 e. The van der Waals surface area contributed by atoms with E-state index in [1.54, 1.807) is 25.6 Å². The van der Waals surface area contributed by atoms with Gasteiger partial charge in [-0.05, 0) is 41.8 Å². The van der Waals surface area contributed by atoms with Crippen molar-refractivity contribution in [3.05, 3.63) is 120 Å². The topological polar surface area (TPSA) is 109 Å². The molecule has 10 heteroatoms. The molecule has 222 valence electrons. The monoisotopic (exact) mass is 596 g/mol. The lowest BCUT2D eigenvalue weighted by molar-refractivity contribution is 0.178. The second-order valence-corrected chi connectivity index (χ2v) is 12.1. The lowest BCUT2D eigenvalue weighted by atomic mass is 9.96. The summed E-state index contributed by atoms with van der Waals surface area (Å²) in [7, 11) is -2.25. The van der Waals surface area contributed by atoms with Gasteiger partial charge in [0, 0.05) is 62.0 Å². The molecular formula is C33H36N6O3S. The van der Waals surface area contributed by atoms with Crippen molar-refractivity contribution in [3.8, 4) is 0 Å². The first-order valence-electron chi connectivity index (χ1n) is 14.4. The fraction of sp³-hybridized carbons (Fsp3) is 0.273. The van der Waals surface area contributed by atoms with Crippen molar-refractivity contribution >= 4 is 27.3 Å². The van der Waals surface area contributed by atoms with Crippen molar-refractivity contribution in [2.24, 2.45) is 9.98 Å². The van der Waals surface area contributed by atoms with Crippen molar-refractivity contribution in [1.82, 2.24) is 19.6 Å². The van der Waals surface area contributed by atoms with Gasteiger partial charge in [-0.2, -0.15) is 4.31 Å². The van der Waals surface area contributed by atoms with E-state index in [1.165, 1.54) is 10.5 Å². The van der Waals surface area contributed by atoms with Gasteiger partial charge in [0.05, 0.1) is 18.8 Å². The summed E-state index contributed by atoms with van der Waals surface area (Å²) in [6, 6.07) is 17.6. The van der Waals surface area contributed by atoms with Gasteiger partial charge < -0.3 is 10.1 Å². The second-order valence-electron chi connectivity index (χ2n) is 10.2. The third kappa shape index (κ3) is 7.40. The standard InChI is InChI=1S/C33H36N6O3S/c1-3-4-17-39(18-19-42-2)43(40,41)29-20-26(22-34-24-29)32-37-27-14-10-15-30(25-11-6-5-7-12-25)31(21-27)33(38-32)36-23-28-13-8-9-16-35-28/h5-16,20,22,24H,3-4,17-19,21,23H2,1-2H3,(H,36,37,38). The molecule has 0 fully saturated rings. The number of hydrogen-bond donors (Lipinski definition) is 1. The number of ether oxygens (including phenoxy) is 1. The minimum absolute atomic E-state index is 0.0978. The molecule has 2 bridgehead atoms. The van der Waals surface area contributed by atoms with Crippen molar-refractivity contribution in [2.75, 3.05) is 26.8 Å². The van der Waals surface area contributed by atoms with Gasteiger partial charge in [0.1, 0.15) is 10.7 Å². The Labute approximate surface area is 253 Å². The minimum atomic E-state index is -3.82. The highest BCUT2D eigenvalue weighted by molar-refractivity contribution is 7.89. The van der Waals surface area contributed by atoms with Gasteiger partial charge >= 0.3 is 0 Å². The van der Waals surface area contributed by atoms with Crippen molar-refractivity contribution in [2.45, 2.75) is 37.6 Å². The Balaban J connectivity index is 1.57. The van der Waals surface area contributed by atoms with Gasteiger partial charge in [-0.1, -0.05) is 61.9 Å². The van der Waals surface area contributed by atoms with E-state index in [0.717, 1.165) is 40.9 Å². The summed E-state index contributed by atoms with van der Waals surface area (Å²) < 4.78 is 34.1. The SMILES string of the molecule is CCCCN(CCOC)S(=O)(=O)c1cncc(C2=NC3=CC=CC(c4ccccc4)=C(C3)C(NCc3ccccn3)=N2)c1. The Kier molecular flexibility index (Phi) is 10.0. The van der Waals surface area contributed by atoms with Gasteiger partial charge in [-0.15, -0.1) is 0 Å². The van der Waals surface area contributed by atoms with Crippen LogP contribution in [0, 0.1) is 0 Å². The number of fused-ring (bicyclic) bond motifs is 2. The molecule has 2 aliphatic rings. The zero-order valence-corrected chi connectivity index (χ0v) is 25.3. The predicted octanol–water partition coefficient (Wildman–Crippen LogP) is 5.16. The molecule has 1 aliphatic carbocycles. The number of aromatic nitrogens is 2. The van der Waals surface area contributed by atoms with Crippen LogP contribution in [-0.2, 0) is 21.3 Å². The summed E-state index contributed by atoms with van der Waals surface area (Å²) in [5.41, 5.74) is 5.28. The molecule has 0 unspecified atom stereocenters. The molecule has 1 aromatic carbocycles. The Hall–Kier alpha value is -4.25. The minimum Gasteiger partial charge on any atom is -0.383 e. The third-order valence-corrected chi connectivity index (χ3v) is 9.01. The van der Waals surface area contributed by atoms with Crippen LogP contribution in [0.15, 0.2) is 118 Å². The van der Waals surface area contributed by atoms with E-state index in [4.69, 9.17) is 14.7 Å². The first-order valence-corrected chi connectivity index (χ1v) is 15.9. The van der Waals surface area contributed by atoms with E-state index in [9.17, 15) is 8.42 Å². The molecule has 0 saturated carbocycles. The average Bonchev–Trinajstić information content (AvgIpc) is 3.37. The van der Waals surface area contributed by atoms with Gasteiger partial charge in [-0.25, -0.2) is 18.4 Å². The zero-order valence-electron chi connectivity index (χ0n) is 24.5. The highest BCUT2D eigenvalue weighted by atomic mass is 32.2. The summed E-state index contributed by atoms with van der Waals surface area (Å²) in [4.78, 5) is 18.8. The van der Waals surface area contributed by atoms with Crippen LogP contribution in [0.1, 0.15) is 43.0 Å². The lowest BCUT2D eigenvalue weighted by Gasteiger charge is -2.21. The van der Waals surface area contributed by atoms with Gasteiger partial charge in [0.2, 0.25) is 10.0 Å². The number of rotatable bonds is 12. The fourth-order valence-electron chi connectivity index (χ4n) is 4.87. The summed E-state index contributed by atoms with van der Waals surface area (Å²) in [5.74, 6) is 1.03. The number of aliphatic imine (C=N–C) groups is 2. The number of nitrogens with one attached hydrogen (secondary N) is 1. The highest BCUT2D eigenvalue weighted by Crippen LogP contribution is 2.31. The molecule has 0 amide bonds. The second kappa shape index (κ2) is 14.3. The van der Waals surface area contributed by atoms with E-state index < -0.39 is 10.0 Å². The Morgan fingerprint density at radius 2 is 1.84 bits per heavy atom. The molecule has 1 N–H and O–H groups in total. The maximum absolute atomic E-state index is 13.7. The number of methoxy groups -OCH3 is 1. The fourth-order valence-corrected chi connectivity index (χ4v) is 6.32. The molecule has 3 heterocycles. The number of unbranched alkanes of at least 4 members (excludes halogenated alkanes) is 1. The first-order chi connectivity index (χ1) is 21.0. The maximum atomic E-state index is 13.7. The van der Waals surface area contributed by atoms with Crippen LogP contribution >= 0.6 is 0 Å². The maximum Gasteiger partial charge on any atom is 0.244 e. The summed E-state index contributed by atoms with van der Waals surface area (Å²) in [6.45, 7) is 3.47. The Bertz CT molecular complexity index is 1670. The number of sulfonamides is 1. The molecule has 0 atom stereocenters. The van der Waals surface area contributed by atoms with Gasteiger partial charge in [0.25, 0.3) is 0 Å². The van der Waals surface area contributed by atoms with E-state index in [-0.39, 0.29) is 11.4 Å². The van der Waals surface area contributed by atoms with Crippen LogP contribution in [0.25, 0.3) is 5.57 Å². The predicted molar refractivity (Wildman–Crippen MR) is 170 cm³/mol. The highest BCUT2D eigenvalue weighted by Gasteiger charge is 2.26. The summed E-state index contributed by atoms with van der Waals surface area (Å²) in [6.07, 6.45) is 13.0.